The number of hydrogen-bond donors (Lipinski definition) is 1. The first kappa shape index (κ1) is 9.73. The molecule has 0 saturated carbocycles. The molecule has 1 rings (SSSR count). The highest BCUT2D eigenvalue weighted by atomic mass is 16.5. The summed E-state index contributed by atoms with van der Waals surface area (Å²) < 4.78 is 6.15. The third kappa shape index (κ3) is 2.55. The van der Waals surface area contributed by atoms with Gasteiger partial charge >= 0.3 is 5.97 Å². The molecule has 0 amide bonds. The van der Waals surface area contributed by atoms with Gasteiger partial charge in [0.25, 0.3) is 0 Å². The Hall–Kier alpha value is -1.36. The fraction of sp³-hybridized carbons (Fsp3) is 0.500. The molecule has 0 aromatic carbocycles. The van der Waals surface area contributed by atoms with Crippen LogP contribution in [0.4, 0.5) is 0 Å². The van der Waals surface area contributed by atoms with Crippen LogP contribution < -0.4 is 5.73 Å². The summed E-state index contributed by atoms with van der Waals surface area (Å²) in [5.41, 5.74) is 6.57. The highest BCUT2D eigenvalue weighted by Crippen LogP contribution is 2.12. The number of ether oxygens (including phenoxy) is 1. The van der Waals surface area contributed by atoms with Crippen LogP contribution in [0.5, 0.6) is 0 Å². The number of aryl methyl sites for hydroxylation is 1. The zero-order chi connectivity index (χ0) is 9.84. The normalized spacial score (nSPS) is 12.5. The lowest BCUT2D eigenvalue weighted by atomic mass is 10.1. The third-order valence-electron chi connectivity index (χ3n) is 1.77. The van der Waals surface area contributed by atoms with E-state index in [0.29, 0.717) is 0 Å². The molecule has 0 aliphatic carbocycles. The van der Waals surface area contributed by atoms with Crippen molar-refractivity contribution in [2.75, 3.05) is 7.11 Å². The van der Waals surface area contributed by atoms with Crippen LogP contribution in [-0.2, 0) is 16.6 Å². The van der Waals surface area contributed by atoms with Gasteiger partial charge in [0.1, 0.15) is 0 Å². The van der Waals surface area contributed by atoms with Crippen molar-refractivity contribution < 1.29 is 9.53 Å². The van der Waals surface area contributed by atoms with Crippen molar-refractivity contribution in [1.29, 1.82) is 0 Å². The standard InChI is InChI=1S/C8H13N3O2/c1-11-5-6(4-10-11)7(9)3-8(12)13-2/h4-5,7H,3,9H2,1-2H3/t7-/m0/s1. The van der Waals surface area contributed by atoms with Gasteiger partial charge in [-0.1, -0.05) is 0 Å². The third-order valence-corrected chi connectivity index (χ3v) is 1.77. The van der Waals surface area contributed by atoms with E-state index >= 15 is 0 Å². The van der Waals surface area contributed by atoms with Gasteiger partial charge in [0.05, 0.1) is 19.7 Å². The highest BCUT2D eigenvalue weighted by molar-refractivity contribution is 5.70. The summed E-state index contributed by atoms with van der Waals surface area (Å²) in [5.74, 6) is -0.309. The molecule has 2 N–H and O–H groups in total. The van der Waals surface area contributed by atoms with Crippen LogP contribution in [0, 0.1) is 0 Å². The largest absolute Gasteiger partial charge is 0.469 e. The molecule has 0 aliphatic rings. The summed E-state index contributed by atoms with van der Waals surface area (Å²) in [4.78, 5) is 10.9. The zero-order valence-corrected chi connectivity index (χ0v) is 7.73. The van der Waals surface area contributed by atoms with E-state index in [4.69, 9.17) is 5.73 Å². The van der Waals surface area contributed by atoms with Gasteiger partial charge in [-0.05, 0) is 0 Å². The first-order valence-corrected chi connectivity index (χ1v) is 3.94. The van der Waals surface area contributed by atoms with Crippen LogP contribution in [0.25, 0.3) is 0 Å². The minimum Gasteiger partial charge on any atom is -0.469 e. The van der Waals surface area contributed by atoms with Crippen molar-refractivity contribution in [1.82, 2.24) is 9.78 Å². The van der Waals surface area contributed by atoms with E-state index in [1.54, 1.807) is 24.1 Å². The van der Waals surface area contributed by atoms with E-state index in [1.165, 1.54) is 7.11 Å². The maximum Gasteiger partial charge on any atom is 0.307 e. The van der Waals surface area contributed by atoms with Crippen molar-refractivity contribution in [3.63, 3.8) is 0 Å². The molecule has 13 heavy (non-hydrogen) atoms. The van der Waals surface area contributed by atoms with Gasteiger partial charge in [0.2, 0.25) is 0 Å². The lowest BCUT2D eigenvalue weighted by Crippen LogP contribution is -2.15. The fourth-order valence-electron chi connectivity index (χ4n) is 1.01. The second kappa shape index (κ2) is 4.04. The number of carbonyl (C=O) groups is 1. The Morgan fingerprint density at radius 3 is 3.00 bits per heavy atom. The molecule has 0 saturated heterocycles. The Kier molecular flexibility index (Phi) is 3.02. The van der Waals surface area contributed by atoms with E-state index < -0.39 is 0 Å². The summed E-state index contributed by atoms with van der Waals surface area (Å²) in [6.45, 7) is 0. The Balaban J connectivity index is 2.58. The van der Waals surface area contributed by atoms with Gasteiger partial charge in [0.15, 0.2) is 0 Å². The van der Waals surface area contributed by atoms with E-state index in [1.807, 2.05) is 0 Å². The van der Waals surface area contributed by atoms with E-state index in [0.717, 1.165) is 5.56 Å². The van der Waals surface area contributed by atoms with Gasteiger partial charge in [-0.3, -0.25) is 9.48 Å². The smallest absolute Gasteiger partial charge is 0.307 e. The minimum absolute atomic E-state index is 0.183. The molecule has 1 aromatic rings. The molecule has 5 nitrogen and oxygen atoms in total. The number of esters is 1. The number of hydrogen-bond acceptors (Lipinski definition) is 4. The molecule has 0 radical (unpaired) electrons. The van der Waals surface area contributed by atoms with Gasteiger partial charge in [-0.15, -0.1) is 0 Å². The summed E-state index contributed by atoms with van der Waals surface area (Å²) in [7, 11) is 3.15. The van der Waals surface area contributed by atoms with Crippen LogP contribution in [0.2, 0.25) is 0 Å². The van der Waals surface area contributed by atoms with Crippen molar-refractivity contribution in [3.8, 4) is 0 Å². The number of aromatic nitrogens is 2. The lowest BCUT2D eigenvalue weighted by molar-refractivity contribution is -0.141. The average molecular weight is 183 g/mol. The molecule has 72 valence electrons. The summed E-state index contributed by atoms with van der Waals surface area (Å²) in [5, 5.41) is 3.96. The van der Waals surface area contributed by atoms with Gasteiger partial charge in [-0.2, -0.15) is 5.10 Å². The molecule has 0 aliphatic heterocycles. The SMILES string of the molecule is COC(=O)C[C@H](N)c1cnn(C)c1. The maximum atomic E-state index is 10.9. The van der Waals surface area contributed by atoms with Crippen LogP contribution in [0.1, 0.15) is 18.0 Å². The minimum atomic E-state index is -0.332. The summed E-state index contributed by atoms with van der Waals surface area (Å²) >= 11 is 0. The topological polar surface area (TPSA) is 70.1 Å². The average Bonchev–Trinajstić information content (AvgIpc) is 2.51. The second-order valence-corrected chi connectivity index (χ2v) is 2.83. The van der Waals surface area contributed by atoms with Crippen LogP contribution in [0.15, 0.2) is 12.4 Å². The monoisotopic (exact) mass is 183 g/mol. The summed E-state index contributed by atoms with van der Waals surface area (Å²) in [6, 6.07) is -0.332. The van der Waals surface area contributed by atoms with E-state index in [-0.39, 0.29) is 18.4 Å². The molecule has 1 aromatic heterocycles. The highest BCUT2D eigenvalue weighted by Gasteiger charge is 2.12. The molecule has 0 spiro atoms. The Morgan fingerprint density at radius 1 is 1.85 bits per heavy atom. The molecule has 0 unspecified atom stereocenters. The number of carbonyl (C=O) groups excluding carboxylic acids is 1. The van der Waals surface area contributed by atoms with Crippen molar-refractivity contribution in [2.24, 2.45) is 12.8 Å². The Morgan fingerprint density at radius 2 is 2.54 bits per heavy atom. The number of nitrogens with zero attached hydrogens (tertiary/aromatic N) is 2. The van der Waals surface area contributed by atoms with Crippen LogP contribution in [-0.4, -0.2) is 22.9 Å². The van der Waals surface area contributed by atoms with Gasteiger partial charge < -0.3 is 10.5 Å². The van der Waals surface area contributed by atoms with Gasteiger partial charge in [0, 0.05) is 24.8 Å². The predicted octanol–water partition coefficient (Wildman–Crippen LogP) is -0.0170. The van der Waals surface area contributed by atoms with Gasteiger partial charge in [-0.25, -0.2) is 0 Å². The predicted molar refractivity (Wildman–Crippen MR) is 46.8 cm³/mol. The first-order valence-electron chi connectivity index (χ1n) is 3.94. The van der Waals surface area contributed by atoms with Crippen molar-refractivity contribution in [2.45, 2.75) is 12.5 Å². The quantitative estimate of drug-likeness (QED) is 0.669. The van der Waals surface area contributed by atoms with E-state index in [2.05, 4.69) is 9.84 Å². The number of rotatable bonds is 3. The number of methoxy groups -OCH3 is 1. The fourth-order valence-corrected chi connectivity index (χ4v) is 1.01. The molecule has 1 heterocycles. The van der Waals surface area contributed by atoms with Crippen molar-refractivity contribution >= 4 is 5.97 Å². The van der Waals surface area contributed by atoms with Crippen molar-refractivity contribution in [3.05, 3.63) is 18.0 Å². The molecular weight excluding hydrogens is 170 g/mol. The molecule has 5 heteroatoms. The molecule has 1 atom stereocenters. The van der Waals surface area contributed by atoms with E-state index in [9.17, 15) is 4.79 Å². The zero-order valence-electron chi connectivity index (χ0n) is 7.73. The van der Waals surface area contributed by atoms with Crippen LogP contribution in [0.3, 0.4) is 0 Å². The second-order valence-electron chi connectivity index (χ2n) is 2.83. The molecular formula is C8H13N3O2. The molecule has 0 bridgehead atoms. The Labute approximate surface area is 76.5 Å². The maximum absolute atomic E-state index is 10.9. The number of nitrogens with two attached hydrogens (primary N) is 1. The first-order chi connectivity index (χ1) is 6.13. The Bertz CT molecular complexity index is 295. The molecule has 0 fully saturated rings. The summed E-state index contributed by atoms with van der Waals surface area (Å²) in [6.07, 6.45) is 3.61. The van der Waals surface area contributed by atoms with Crippen LogP contribution >= 0.6 is 0 Å². The lowest BCUT2D eigenvalue weighted by Gasteiger charge is -2.06.